The lowest BCUT2D eigenvalue weighted by molar-refractivity contribution is -0.125. The van der Waals surface area contributed by atoms with E-state index in [4.69, 9.17) is 19.6 Å². The first kappa shape index (κ1) is 30.7. The van der Waals surface area contributed by atoms with Gasteiger partial charge in [0, 0.05) is 5.56 Å². The molecule has 1 fully saturated rings. The van der Waals surface area contributed by atoms with E-state index >= 15 is 0 Å². The topological polar surface area (TPSA) is 152 Å². The Morgan fingerprint density at radius 1 is 1.21 bits per heavy atom. The van der Waals surface area contributed by atoms with Crippen LogP contribution in [0.5, 0.6) is 5.75 Å². The van der Waals surface area contributed by atoms with Crippen molar-refractivity contribution >= 4 is 27.5 Å². The summed E-state index contributed by atoms with van der Waals surface area (Å²) < 4.78 is 20.8. The van der Waals surface area contributed by atoms with Gasteiger partial charge in [0.2, 0.25) is 11.8 Å². The number of oxazole rings is 1. The lowest BCUT2D eigenvalue weighted by atomic mass is 9.94. The van der Waals surface area contributed by atoms with Crippen LogP contribution in [0.25, 0.3) is 21.0 Å². The highest BCUT2D eigenvalue weighted by Gasteiger charge is 2.35. The summed E-state index contributed by atoms with van der Waals surface area (Å²) in [6.45, 7) is 8.57. The molecule has 0 aliphatic heterocycles. The second kappa shape index (κ2) is 12.1. The molecule has 1 amide bonds. The van der Waals surface area contributed by atoms with Gasteiger partial charge in [-0.15, -0.1) is 11.3 Å². The molecule has 0 bridgehead atoms. The van der Waals surface area contributed by atoms with Gasteiger partial charge in [0.25, 0.3) is 5.56 Å². The number of para-hydroxylation sites is 1. The van der Waals surface area contributed by atoms with E-state index in [1.807, 2.05) is 38.1 Å². The molecule has 12 heteroatoms. The number of amides is 1. The quantitative estimate of drug-likeness (QED) is 0.270. The number of carbonyl (C=O) groups is 1. The molecule has 4 aromatic rings. The molecule has 0 spiro atoms. The third kappa shape index (κ3) is 5.91. The van der Waals surface area contributed by atoms with Crippen LogP contribution in [0.1, 0.15) is 70.6 Å². The number of aliphatic hydroxyl groups is 1. The number of ether oxygens (including phenoxy) is 2. The molecular formula is C31H38N4O7S. The summed E-state index contributed by atoms with van der Waals surface area (Å²) in [6, 6.07) is 7.53. The van der Waals surface area contributed by atoms with E-state index in [0.717, 1.165) is 10.1 Å². The molecule has 1 aliphatic carbocycles. The van der Waals surface area contributed by atoms with E-state index in [2.05, 4.69) is 4.98 Å². The molecule has 1 atom stereocenters. The third-order valence-electron chi connectivity index (χ3n) is 7.98. The second-order valence-electron chi connectivity index (χ2n) is 11.8. The Bertz CT molecular complexity index is 1730. The Kier molecular flexibility index (Phi) is 8.64. The van der Waals surface area contributed by atoms with Crippen molar-refractivity contribution in [1.29, 1.82) is 0 Å². The number of carbonyl (C=O) groups excluding carboxylic acids is 1. The Morgan fingerprint density at radius 3 is 2.53 bits per heavy atom. The van der Waals surface area contributed by atoms with Crippen LogP contribution in [0.2, 0.25) is 0 Å². The second-order valence-corrected chi connectivity index (χ2v) is 12.8. The molecule has 43 heavy (non-hydrogen) atoms. The number of fused-ring (bicyclic) bond motifs is 1. The molecule has 0 unspecified atom stereocenters. The first-order valence-corrected chi connectivity index (χ1v) is 15.3. The van der Waals surface area contributed by atoms with Crippen molar-refractivity contribution in [3.63, 3.8) is 0 Å². The van der Waals surface area contributed by atoms with Crippen molar-refractivity contribution in [2.45, 2.75) is 96.8 Å². The zero-order valence-corrected chi connectivity index (χ0v) is 25.8. The lowest BCUT2D eigenvalue weighted by Crippen LogP contribution is -2.54. The number of primary amides is 1. The molecule has 0 radical (unpaired) electrons. The summed E-state index contributed by atoms with van der Waals surface area (Å²) in [5.74, 6) is 0.126. The Hall–Kier alpha value is -3.74. The smallest absolute Gasteiger partial charge is 0.333 e. The van der Waals surface area contributed by atoms with E-state index in [1.54, 1.807) is 6.92 Å². The summed E-state index contributed by atoms with van der Waals surface area (Å²) >= 11 is 1.22. The molecule has 0 saturated heterocycles. The maximum Gasteiger partial charge on any atom is 0.333 e. The number of benzene rings is 1. The summed E-state index contributed by atoms with van der Waals surface area (Å²) in [6.07, 6.45) is 4.22. The van der Waals surface area contributed by atoms with Crippen molar-refractivity contribution in [3.05, 3.63) is 68.7 Å². The predicted octanol–water partition coefficient (Wildman–Crippen LogP) is 4.26. The van der Waals surface area contributed by atoms with Gasteiger partial charge in [-0.3, -0.25) is 14.2 Å². The van der Waals surface area contributed by atoms with E-state index in [9.17, 15) is 19.5 Å². The van der Waals surface area contributed by atoms with Crippen LogP contribution in [0, 0.1) is 6.92 Å². The Morgan fingerprint density at radius 2 is 1.91 bits per heavy atom. The minimum Gasteiger partial charge on any atom is -0.491 e. The van der Waals surface area contributed by atoms with Crippen LogP contribution in [-0.2, 0) is 21.6 Å². The minimum absolute atomic E-state index is 0.0208. The van der Waals surface area contributed by atoms with Gasteiger partial charge in [-0.2, -0.15) is 0 Å². The molecule has 1 aromatic carbocycles. The molecule has 3 aromatic heterocycles. The van der Waals surface area contributed by atoms with E-state index < -0.39 is 28.8 Å². The minimum atomic E-state index is -1.61. The highest BCUT2D eigenvalue weighted by molar-refractivity contribution is 7.22. The molecule has 230 valence electrons. The number of hydrogen-bond donors (Lipinski definition) is 2. The predicted molar refractivity (Wildman–Crippen MR) is 163 cm³/mol. The van der Waals surface area contributed by atoms with E-state index in [0.29, 0.717) is 52.6 Å². The van der Waals surface area contributed by atoms with E-state index in [-0.39, 0.29) is 30.2 Å². The first-order valence-electron chi connectivity index (χ1n) is 14.5. The average Bonchev–Trinajstić information content (AvgIpc) is 3.59. The van der Waals surface area contributed by atoms with Gasteiger partial charge in [0.1, 0.15) is 28.5 Å². The number of rotatable bonds is 10. The van der Waals surface area contributed by atoms with Crippen molar-refractivity contribution in [2.75, 3.05) is 0 Å². The van der Waals surface area contributed by atoms with Crippen LogP contribution >= 0.6 is 11.3 Å². The number of thiophene rings is 1. The first-order chi connectivity index (χ1) is 20.4. The van der Waals surface area contributed by atoms with Crippen LogP contribution in [0.3, 0.4) is 0 Å². The van der Waals surface area contributed by atoms with Gasteiger partial charge >= 0.3 is 5.69 Å². The van der Waals surface area contributed by atoms with Crippen molar-refractivity contribution in [3.8, 4) is 16.5 Å². The van der Waals surface area contributed by atoms with Gasteiger partial charge < -0.3 is 24.7 Å². The number of aromatic nitrogens is 3. The Balaban J connectivity index is 1.74. The fraction of sp³-hybridized carbons (Fsp3) is 0.484. The number of aryl methyl sites for hydroxylation is 1. The van der Waals surface area contributed by atoms with E-state index in [1.165, 1.54) is 42.2 Å². The van der Waals surface area contributed by atoms with Gasteiger partial charge in [-0.05, 0) is 71.9 Å². The Labute approximate surface area is 252 Å². The molecule has 1 aliphatic rings. The van der Waals surface area contributed by atoms with Crippen LogP contribution < -0.4 is 21.7 Å². The van der Waals surface area contributed by atoms with Crippen LogP contribution in [0.4, 0.5) is 0 Å². The van der Waals surface area contributed by atoms with Crippen LogP contribution in [0.15, 0.2) is 50.7 Å². The SMILES string of the molecule is Cc1c(-c2ncco2)sc2c1c(=O)n(C(C)(C)C(N)=O)c(=O)n2C[C@H](O[C@H]1CC[C@H](O)CC1)c1ccccc1OC(C)C. The standard InChI is InChI=1S/C31H38N4O7S/c1-17(2)41-22-9-7-6-8-21(22)23(42-20-12-10-19(36)11-13-20)16-34-28-24(18(3)25(43-28)26-33-14-15-40-26)27(37)35(30(34)39)31(4,5)29(32)38/h6-9,14-15,17,19-20,23,36H,10-13,16H2,1-5H3,(H2,32,38)/t19-,20-,23-/m0/s1. The monoisotopic (exact) mass is 610 g/mol. The van der Waals surface area contributed by atoms with Crippen LogP contribution in [-0.4, -0.2) is 43.4 Å². The zero-order chi connectivity index (χ0) is 31.1. The highest BCUT2D eigenvalue weighted by atomic mass is 32.1. The lowest BCUT2D eigenvalue weighted by Gasteiger charge is -2.31. The number of hydrogen-bond acceptors (Lipinski definition) is 9. The van der Waals surface area contributed by atoms with Crippen molar-refractivity contribution in [1.82, 2.24) is 14.1 Å². The fourth-order valence-electron chi connectivity index (χ4n) is 5.55. The average molecular weight is 611 g/mol. The van der Waals surface area contributed by atoms with Crippen molar-refractivity contribution < 1.29 is 23.8 Å². The molecule has 3 N–H and O–H groups in total. The highest BCUT2D eigenvalue weighted by Crippen LogP contribution is 2.38. The zero-order valence-electron chi connectivity index (χ0n) is 25.0. The van der Waals surface area contributed by atoms with Crippen molar-refractivity contribution in [2.24, 2.45) is 5.73 Å². The number of nitrogens with two attached hydrogens (primary N) is 1. The molecular weight excluding hydrogens is 572 g/mol. The summed E-state index contributed by atoms with van der Waals surface area (Å²) in [4.78, 5) is 46.1. The van der Waals surface area contributed by atoms with Gasteiger partial charge in [-0.1, -0.05) is 18.2 Å². The number of aliphatic hydroxyl groups excluding tert-OH is 1. The maximum absolute atomic E-state index is 14.3. The number of nitrogens with zero attached hydrogens (tertiary/aromatic N) is 3. The fourth-order valence-corrected chi connectivity index (χ4v) is 6.79. The normalized spacial score (nSPS) is 18.3. The van der Waals surface area contributed by atoms with Gasteiger partial charge in [-0.25, -0.2) is 14.3 Å². The summed E-state index contributed by atoms with van der Waals surface area (Å²) in [5.41, 5.74) is 4.13. The van der Waals surface area contributed by atoms with Gasteiger partial charge in [0.05, 0.1) is 41.3 Å². The molecule has 5 rings (SSSR count). The maximum atomic E-state index is 14.3. The van der Waals surface area contributed by atoms with Gasteiger partial charge in [0.15, 0.2) is 0 Å². The molecule has 1 saturated carbocycles. The molecule has 11 nitrogen and oxygen atoms in total. The summed E-state index contributed by atoms with van der Waals surface area (Å²) in [5, 5.41) is 10.4. The molecule has 3 heterocycles. The largest absolute Gasteiger partial charge is 0.491 e. The summed E-state index contributed by atoms with van der Waals surface area (Å²) in [7, 11) is 0. The third-order valence-corrected chi connectivity index (χ3v) is 9.28.